The van der Waals surface area contributed by atoms with Crippen LogP contribution in [0.2, 0.25) is 0 Å². The lowest BCUT2D eigenvalue weighted by Gasteiger charge is -2.16. The quantitative estimate of drug-likeness (QED) is 0.740. The predicted octanol–water partition coefficient (Wildman–Crippen LogP) is 3.12. The van der Waals surface area contributed by atoms with Crippen LogP contribution < -0.4 is 14.8 Å². The number of carbonyl (C=O) groups is 1. The Morgan fingerprint density at radius 3 is 2.72 bits per heavy atom. The van der Waals surface area contributed by atoms with Crippen molar-refractivity contribution >= 4 is 18.4 Å². The van der Waals surface area contributed by atoms with E-state index >= 15 is 0 Å². The zero-order chi connectivity index (χ0) is 17.1. The first-order valence-electron chi connectivity index (χ1n) is 8.09. The van der Waals surface area contributed by atoms with Gasteiger partial charge in [-0.3, -0.25) is 4.79 Å². The standard InChI is InChI=1S/C17H21F2NO4.ClH/c1-22-16(21)13-6-12(8-20-13)11-4-5-14(24-17(18)19)15(7-11)23-9-10-2-3-10;/h4-5,7,10,12-13,17,20H,2-3,6,8-9H2,1H3;1H/t12-,13-;/m1./s1. The van der Waals surface area contributed by atoms with Crippen molar-refractivity contribution in [1.82, 2.24) is 5.32 Å². The molecule has 1 saturated heterocycles. The van der Waals surface area contributed by atoms with Crippen LogP contribution in [0.3, 0.4) is 0 Å². The summed E-state index contributed by atoms with van der Waals surface area (Å²) in [6, 6.07) is 4.66. The second-order valence-electron chi connectivity index (χ2n) is 6.26. The van der Waals surface area contributed by atoms with Gasteiger partial charge in [0.15, 0.2) is 11.5 Å². The summed E-state index contributed by atoms with van der Waals surface area (Å²) in [5, 5.41) is 3.12. The second-order valence-corrected chi connectivity index (χ2v) is 6.26. The monoisotopic (exact) mass is 377 g/mol. The molecule has 1 aromatic rings. The summed E-state index contributed by atoms with van der Waals surface area (Å²) in [6.45, 7) is -1.76. The van der Waals surface area contributed by atoms with Crippen molar-refractivity contribution < 1.29 is 27.8 Å². The molecule has 140 valence electrons. The third kappa shape index (κ3) is 5.19. The summed E-state index contributed by atoms with van der Waals surface area (Å²) in [4.78, 5) is 11.6. The minimum absolute atomic E-state index is 0. The number of rotatable bonds is 7. The maximum absolute atomic E-state index is 12.6. The molecule has 2 atom stereocenters. The molecular weight excluding hydrogens is 356 g/mol. The Morgan fingerprint density at radius 2 is 2.08 bits per heavy atom. The van der Waals surface area contributed by atoms with Gasteiger partial charge in [-0.1, -0.05) is 6.07 Å². The number of halogens is 3. The predicted molar refractivity (Wildman–Crippen MR) is 89.7 cm³/mol. The summed E-state index contributed by atoms with van der Waals surface area (Å²) < 4.78 is 40.1. The van der Waals surface area contributed by atoms with Gasteiger partial charge in [-0.05, 0) is 48.8 Å². The molecule has 0 aromatic heterocycles. The first-order chi connectivity index (χ1) is 11.6. The molecule has 0 spiro atoms. The molecule has 1 aliphatic heterocycles. The summed E-state index contributed by atoms with van der Waals surface area (Å²) in [6.07, 6.45) is 2.82. The SMILES string of the molecule is COC(=O)[C@H]1C[C@@H](c2ccc(OC(F)F)c(OCC3CC3)c2)CN1.Cl. The Balaban J connectivity index is 0.00000225. The van der Waals surface area contributed by atoms with Crippen LogP contribution in [0, 0.1) is 5.92 Å². The molecule has 8 heteroatoms. The molecule has 1 heterocycles. The number of alkyl halides is 2. The number of carbonyl (C=O) groups excluding carboxylic acids is 1. The van der Waals surface area contributed by atoms with Crippen LogP contribution in [0.4, 0.5) is 8.78 Å². The van der Waals surface area contributed by atoms with Gasteiger partial charge >= 0.3 is 12.6 Å². The van der Waals surface area contributed by atoms with Crippen LogP contribution in [-0.2, 0) is 9.53 Å². The Hall–Kier alpha value is -1.60. The maximum atomic E-state index is 12.6. The lowest BCUT2D eigenvalue weighted by atomic mass is 9.96. The van der Waals surface area contributed by atoms with Crippen LogP contribution in [0.5, 0.6) is 11.5 Å². The van der Waals surface area contributed by atoms with Gasteiger partial charge in [0.1, 0.15) is 6.04 Å². The molecule has 2 fully saturated rings. The highest BCUT2D eigenvalue weighted by atomic mass is 35.5. The van der Waals surface area contributed by atoms with Gasteiger partial charge in [0.05, 0.1) is 13.7 Å². The summed E-state index contributed by atoms with van der Waals surface area (Å²) in [7, 11) is 1.36. The number of benzene rings is 1. The van der Waals surface area contributed by atoms with E-state index in [1.54, 1.807) is 12.1 Å². The van der Waals surface area contributed by atoms with Crippen molar-refractivity contribution in [1.29, 1.82) is 0 Å². The average Bonchev–Trinajstić information content (AvgIpc) is 3.27. The van der Waals surface area contributed by atoms with Crippen molar-refractivity contribution in [3.8, 4) is 11.5 Å². The largest absolute Gasteiger partial charge is 0.489 e. The fraction of sp³-hybridized carbons (Fsp3) is 0.588. The van der Waals surface area contributed by atoms with E-state index in [4.69, 9.17) is 9.47 Å². The molecule has 0 unspecified atom stereocenters. The molecule has 0 amide bonds. The fourth-order valence-electron chi connectivity index (χ4n) is 2.89. The molecule has 0 radical (unpaired) electrons. The van der Waals surface area contributed by atoms with E-state index in [0.717, 1.165) is 18.4 Å². The number of esters is 1. The first kappa shape index (κ1) is 19.7. The number of ether oxygens (including phenoxy) is 3. The zero-order valence-corrected chi connectivity index (χ0v) is 14.7. The molecule has 1 N–H and O–H groups in total. The number of methoxy groups -OCH3 is 1. The third-order valence-corrected chi connectivity index (χ3v) is 4.44. The maximum Gasteiger partial charge on any atom is 0.387 e. The zero-order valence-electron chi connectivity index (χ0n) is 13.9. The highest BCUT2D eigenvalue weighted by Gasteiger charge is 2.31. The van der Waals surface area contributed by atoms with Crippen molar-refractivity contribution in [2.45, 2.75) is 37.8 Å². The van der Waals surface area contributed by atoms with E-state index in [1.165, 1.54) is 13.2 Å². The topological polar surface area (TPSA) is 56.8 Å². The van der Waals surface area contributed by atoms with Gasteiger partial charge < -0.3 is 19.5 Å². The molecule has 0 bridgehead atoms. The molecule has 5 nitrogen and oxygen atoms in total. The highest BCUT2D eigenvalue weighted by molar-refractivity contribution is 5.85. The van der Waals surface area contributed by atoms with Crippen molar-refractivity contribution in [2.24, 2.45) is 5.92 Å². The van der Waals surface area contributed by atoms with E-state index in [1.807, 2.05) is 0 Å². The van der Waals surface area contributed by atoms with Crippen LogP contribution >= 0.6 is 12.4 Å². The number of nitrogens with one attached hydrogen (secondary N) is 1. The molecule has 1 aromatic carbocycles. The van der Waals surface area contributed by atoms with Crippen molar-refractivity contribution in [3.05, 3.63) is 23.8 Å². The van der Waals surface area contributed by atoms with E-state index < -0.39 is 6.61 Å². The Bertz CT molecular complexity index is 598. The van der Waals surface area contributed by atoms with E-state index in [2.05, 4.69) is 10.1 Å². The Morgan fingerprint density at radius 1 is 1.32 bits per heavy atom. The van der Waals surface area contributed by atoms with E-state index in [-0.39, 0.29) is 36.1 Å². The fourth-order valence-corrected chi connectivity index (χ4v) is 2.89. The van der Waals surface area contributed by atoms with E-state index in [9.17, 15) is 13.6 Å². The van der Waals surface area contributed by atoms with Gasteiger partial charge in [0.25, 0.3) is 0 Å². The van der Waals surface area contributed by atoms with Crippen LogP contribution in [0.15, 0.2) is 18.2 Å². The molecule has 3 rings (SSSR count). The van der Waals surface area contributed by atoms with Gasteiger partial charge in [0, 0.05) is 6.54 Å². The van der Waals surface area contributed by atoms with Crippen LogP contribution in [-0.4, -0.2) is 38.9 Å². The Labute approximate surface area is 151 Å². The molecule has 1 saturated carbocycles. The molecule has 25 heavy (non-hydrogen) atoms. The summed E-state index contributed by atoms with van der Waals surface area (Å²) in [5.74, 6) is 0.689. The smallest absolute Gasteiger partial charge is 0.387 e. The van der Waals surface area contributed by atoms with Crippen LogP contribution in [0.1, 0.15) is 30.7 Å². The van der Waals surface area contributed by atoms with Gasteiger partial charge in [0.2, 0.25) is 0 Å². The molecule has 2 aliphatic rings. The van der Waals surface area contributed by atoms with Crippen molar-refractivity contribution in [2.75, 3.05) is 20.3 Å². The summed E-state index contributed by atoms with van der Waals surface area (Å²) >= 11 is 0. The van der Waals surface area contributed by atoms with E-state index in [0.29, 0.717) is 31.2 Å². The highest BCUT2D eigenvalue weighted by Crippen LogP contribution is 2.37. The third-order valence-electron chi connectivity index (χ3n) is 4.44. The lowest BCUT2D eigenvalue weighted by Crippen LogP contribution is -2.31. The second kappa shape index (κ2) is 8.67. The van der Waals surface area contributed by atoms with Gasteiger partial charge in [-0.25, -0.2) is 0 Å². The minimum Gasteiger partial charge on any atom is -0.489 e. The molecular formula is C17H22ClF2NO4. The number of hydrogen-bond donors (Lipinski definition) is 1. The lowest BCUT2D eigenvalue weighted by molar-refractivity contribution is -0.142. The van der Waals surface area contributed by atoms with Crippen molar-refractivity contribution in [3.63, 3.8) is 0 Å². The van der Waals surface area contributed by atoms with Crippen LogP contribution in [0.25, 0.3) is 0 Å². The van der Waals surface area contributed by atoms with Gasteiger partial charge in [-0.15, -0.1) is 12.4 Å². The summed E-state index contributed by atoms with van der Waals surface area (Å²) in [5.41, 5.74) is 0.932. The average molecular weight is 378 g/mol. The first-order valence-corrected chi connectivity index (χ1v) is 8.09. The normalized spacial score (nSPS) is 22.4. The molecule has 1 aliphatic carbocycles. The van der Waals surface area contributed by atoms with Gasteiger partial charge in [-0.2, -0.15) is 8.78 Å². The minimum atomic E-state index is -2.89. The number of hydrogen-bond acceptors (Lipinski definition) is 5. The Kier molecular flexibility index (Phi) is 6.84.